The van der Waals surface area contributed by atoms with Gasteiger partial charge < -0.3 is 15.4 Å². The third-order valence-electron chi connectivity index (χ3n) is 8.17. The largest absolute Gasteiger partial charge is 0.465 e. The molecule has 1 atom stereocenters. The molecule has 0 amide bonds. The monoisotopic (exact) mass is 546 g/mol. The number of carbonyl (C=O) groups is 1. The van der Waals surface area contributed by atoms with E-state index in [2.05, 4.69) is 38.3 Å². The molecule has 0 radical (unpaired) electrons. The van der Waals surface area contributed by atoms with Gasteiger partial charge in [0.25, 0.3) is 0 Å². The van der Waals surface area contributed by atoms with Crippen LogP contribution in [-0.4, -0.2) is 49.4 Å². The van der Waals surface area contributed by atoms with E-state index < -0.39 is 0 Å². The molecule has 0 aromatic heterocycles. The van der Waals surface area contributed by atoms with E-state index in [1.54, 1.807) is 0 Å². The van der Waals surface area contributed by atoms with Gasteiger partial charge in [0.15, 0.2) is 5.96 Å². The summed E-state index contributed by atoms with van der Waals surface area (Å²) in [6.45, 7) is 9.69. The molecular formula is C33H62N4O2. The van der Waals surface area contributed by atoms with E-state index >= 15 is 0 Å². The molecule has 0 aromatic rings. The first kappa shape index (κ1) is 33.6. The molecule has 0 bridgehead atoms. The Balaban J connectivity index is 1.66. The maximum atomic E-state index is 12.2. The molecule has 2 saturated carbocycles. The number of ether oxygens (including phenoxy) is 1. The Morgan fingerprint density at radius 2 is 1.49 bits per heavy atom. The van der Waals surface area contributed by atoms with Gasteiger partial charge >= 0.3 is 5.97 Å². The van der Waals surface area contributed by atoms with Gasteiger partial charge in [-0.15, -0.1) is 0 Å². The lowest BCUT2D eigenvalue weighted by Gasteiger charge is -2.27. The van der Waals surface area contributed by atoms with E-state index in [1.807, 2.05) is 6.21 Å². The highest BCUT2D eigenvalue weighted by Gasteiger charge is 2.20. The molecule has 0 aromatic carbocycles. The van der Waals surface area contributed by atoms with Gasteiger partial charge in [-0.3, -0.25) is 9.79 Å². The first-order chi connectivity index (χ1) is 18.9. The number of aliphatic imine (C=N–C) groups is 2. The number of esters is 1. The van der Waals surface area contributed by atoms with Crippen LogP contribution in [0.3, 0.4) is 0 Å². The molecule has 2 aliphatic carbocycles. The summed E-state index contributed by atoms with van der Waals surface area (Å²) in [5.74, 6) is 0.895. The van der Waals surface area contributed by atoms with Gasteiger partial charge in [0, 0.05) is 30.6 Å². The molecule has 0 heterocycles. The quantitative estimate of drug-likeness (QED) is 0.0787. The molecule has 1 unspecified atom stereocenters. The Bertz CT molecular complexity index is 694. The molecule has 2 aliphatic rings. The first-order valence-corrected chi connectivity index (χ1v) is 16.7. The van der Waals surface area contributed by atoms with E-state index in [9.17, 15) is 4.79 Å². The van der Waals surface area contributed by atoms with Crippen molar-refractivity contribution < 1.29 is 9.53 Å². The Hall–Kier alpha value is -1.59. The van der Waals surface area contributed by atoms with Gasteiger partial charge in [0.2, 0.25) is 0 Å². The van der Waals surface area contributed by atoms with Gasteiger partial charge in [0.1, 0.15) is 6.61 Å². The number of nitrogens with one attached hydrogen (secondary N) is 2. The number of rotatable bonds is 18. The summed E-state index contributed by atoms with van der Waals surface area (Å²) in [6, 6.07) is 1.10. The minimum absolute atomic E-state index is 0.0773. The van der Waals surface area contributed by atoms with E-state index in [1.165, 1.54) is 109 Å². The number of carbonyl (C=O) groups excluding carboxylic acids is 1. The molecule has 0 spiro atoms. The third kappa shape index (κ3) is 17.0. The standard InChI is InChI=1S/C33H62N4O2/c1-5-6-7-8-9-10-11-12-19-24-31(38)39-27-33(3,4)26-35-28(2)25-34-32(36-29-20-15-13-16-21-29)37-30-22-17-14-18-23-30/h26,28-30H,5-25,27H2,1-4H3,(H2,34,36,37)/b35-26+. The Morgan fingerprint density at radius 1 is 0.897 bits per heavy atom. The molecule has 0 aliphatic heterocycles. The highest BCUT2D eigenvalue weighted by Crippen LogP contribution is 2.21. The van der Waals surface area contributed by atoms with Crippen molar-refractivity contribution >= 4 is 18.1 Å². The number of guanidine groups is 1. The number of hydrogen-bond acceptors (Lipinski definition) is 4. The van der Waals surface area contributed by atoms with E-state index in [0.717, 1.165) is 25.3 Å². The molecule has 226 valence electrons. The molecule has 0 saturated heterocycles. The highest BCUT2D eigenvalue weighted by molar-refractivity contribution is 5.80. The first-order valence-electron chi connectivity index (χ1n) is 16.7. The zero-order chi connectivity index (χ0) is 28.2. The normalized spacial score (nSPS) is 18.8. The van der Waals surface area contributed by atoms with Crippen LogP contribution in [0.25, 0.3) is 0 Å². The van der Waals surface area contributed by atoms with Crippen molar-refractivity contribution in [2.75, 3.05) is 13.2 Å². The van der Waals surface area contributed by atoms with E-state index in [4.69, 9.17) is 14.7 Å². The number of unbranched alkanes of at least 4 members (excludes halogenated alkanes) is 8. The molecule has 2 fully saturated rings. The lowest BCUT2D eigenvalue weighted by molar-refractivity contribution is -0.145. The predicted molar refractivity (Wildman–Crippen MR) is 167 cm³/mol. The van der Waals surface area contributed by atoms with Crippen molar-refractivity contribution in [1.29, 1.82) is 0 Å². The second-order valence-corrected chi connectivity index (χ2v) is 13.0. The molecule has 6 nitrogen and oxygen atoms in total. The fourth-order valence-corrected chi connectivity index (χ4v) is 5.55. The van der Waals surface area contributed by atoms with Gasteiger partial charge in [-0.2, -0.15) is 0 Å². The van der Waals surface area contributed by atoms with Crippen LogP contribution in [-0.2, 0) is 9.53 Å². The van der Waals surface area contributed by atoms with Crippen LogP contribution in [0.15, 0.2) is 9.98 Å². The van der Waals surface area contributed by atoms with Crippen molar-refractivity contribution in [3.63, 3.8) is 0 Å². The van der Waals surface area contributed by atoms with Gasteiger partial charge in [-0.1, -0.05) is 111 Å². The molecule has 2 N–H and O–H groups in total. The minimum Gasteiger partial charge on any atom is -0.465 e. The third-order valence-corrected chi connectivity index (χ3v) is 8.17. The van der Waals surface area contributed by atoms with Gasteiger partial charge in [-0.25, -0.2) is 4.99 Å². The van der Waals surface area contributed by atoms with Crippen LogP contribution in [0.4, 0.5) is 0 Å². The molecular weight excluding hydrogens is 484 g/mol. The molecule has 39 heavy (non-hydrogen) atoms. The Morgan fingerprint density at radius 3 is 2.13 bits per heavy atom. The van der Waals surface area contributed by atoms with Gasteiger partial charge in [-0.05, 0) is 39.0 Å². The lowest BCUT2D eigenvalue weighted by Crippen LogP contribution is -2.46. The topological polar surface area (TPSA) is 75.1 Å². The zero-order valence-electron chi connectivity index (χ0n) is 26.1. The maximum absolute atomic E-state index is 12.2. The summed E-state index contributed by atoms with van der Waals surface area (Å²) in [5, 5.41) is 7.32. The fraction of sp³-hybridized carbons (Fsp3) is 0.909. The van der Waals surface area contributed by atoms with Gasteiger partial charge in [0.05, 0.1) is 12.1 Å². The fourth-order valence-electron chi connectivity index (χ4n) is 5.55. The van der Waals surface area contributed by atoms with Crippen molar-refractivity contribution in [3.05, 3.63) is 0 Å². The van der Waals surface area contributed by atoms with Crippen LogP contribution < -0.4 is 10.6 Å². The second-order valence-electron chi connectivity index (χ2n) is 13.0. The summed E-state index contributed by atoms with van der Waals surface area (Å²) in [7, 11) is 0. The summed E-state index contributed by atoms with van der Waals surface area (Å²) < 4.78 is 5.60. The second kappa shape index (κ2) is 20.3. The van der Waals surface area contributed by atoms with Crippen LogP contribution >= 0.6 is 0 Å². The van der Waals surface area contributed by atoms with Crippen LogP contribution in [0.5, 0.6) is 0 Å². The Labute approximate surface area is 241 Å². The average molecular weight is 547 g/mol. The highest BCUT2D eigenvalue weighted by atomic mass is 16.5. The van der Waals surface area contributed by atoms with Crippen LogP contribution in [0, 0.1) is 5.41 Å². The van der Waals surface area contributed by atoms with Crippen molar-refractivity contribution in [2.45, 2.75) is 174 Å². The lowest BCUT2D eigenvalue weighted by atomic mass is 9.95. The van der Waals surface area contributed by atoms with Crippen molar-refractivity contribution in [2.24, 2.45) is 15.4 Å². The summed E-state index contributed by atoms with van der Waals surface area (Å²) >= 11 is 0. The molecule has 6 heteroatoms. The predicted octanol–water partition coefficient (Wildman–Crippen LogP) is 8.14. The van der Waals surface area contributed by atoms with Crippen LogP contribution in [0.1, 0.15) is 156 Å². The van der Waals surface area contributed by atoms with Crippen molar-refractivity contribution in [3.8, 4) is 0 Å². The average Bonchev–Trinajstić information content (AvgIpc) is 2.94. The summed E-state index contributed by atoms with van der Waals surface area (Å²) in [5.41, 5.74) is -0.276. The van der Waals surface area contributed by atoms with E-state index in [0.29, 0.717) is 25.1 Å². The summed E-state index contributed by atoms with van der Waals surface area (Å²) in [6.07, 6.45) is 26.6. The summed E-state index contributed by atoms with van der Waals surface area (Å²) in [4.78, 5) is 22.1. The SMILES string of the molecule is CCCCCCCCCCCC(=O)OCC(C)(C)/C=N/C(C)CN/C(=N\C1CCCCC1)NC1CCCCC1. The Kier molecular flexibility index (Phi) is 17.5. The smallest absolute Gasteiger partial charge is 0.305 e. The van der Waals surface area contributed by atoms with Crippen molar-refractivity contribution in [1.82, 2.24) is 10.6 Å². The maximum Gasteiger partial charge on any atom is 0.305 e. The zero-order valence-corrected chi connectivity index (χ0v) is 26.1. The van der Waals surface area contributed by atoms with E-state index in [-0.39, 0.29) is 17.4 Å². The minimum atomic E-state index is -0.276. The van der Waals surface area contributed by atoms with Crippen LogP contribution in [0.2, 0.25) is 0 Å². The number of hydrogen-bond donors (Lipinski definition) is 2. The molecule has 2 rings (SSSR count). The number of nitrogens with zero attached hydrogens (tertiary/aromatic N) is 2.